The third-order valence-corrected chi connectivity index (χ3v) is 2.79. The number of fused-ring (bicyclic) bond motifs is 1. The first-order chi connectivity index (χ1) is 14.9. The monoisotopic (exact) mass is 299 g/mol. The number of benzene rings is 1. The molecule has 112 valence electrons. The van der Waals surface area contributed by atoms with E-state index in [0.717, 1.165) is 13.2 Å². The molecule has 0 spiro atoms. The molecule has 0 bridgehead atoms. The number of aryl methyl sites for hydroxylation is 1. The minimum absolute atomic E-state index is 0.206. The van der Waals surface area contributed by atoms with Crippen molar-refractivity contribution in [3.63, 3.8) is 0 Å². The molecule has 3 rings (SSSR count). The van der Waals surface area contributed by atoms with Crippen LogP contribution in [0.3, 0.4) is 0 Å². The fraction of sp³-hybridized carbons (Fsp3) is 0.438. The third kappa shape index (κ3) is 3.19. The highest BCUT2D eigenvalue weighted by molar-refractivity contribution is 5.84. The normalized spacial score (nSPS) is 29.2. The lowest BCUT2D eigenvalue weighted by molar-refractivity contribution is 0.177. The van der Waals surface area contributed by atoms with Crippen molar-refractivity contribution in [3.05, 3.63) is 35.5 Å². The summed E-state index contributed by atoms with van der Waals surface area (Å²) < 4.78 is 102. The van der Waals surface area contributed by atoms with Gasteiger partial charge < -0.3 is 19.9 Å². The predicted octanol–water partition coefficient (Wildman–Crippen LogP) is 1.92. The highest BCUT2D eigenvalue weighted by Crippen LogP contribution is 2.21. The number of amides is 1. The van der Waals surface area contributed by atoms with Gasteiger partial charge in [0.05, 0.1) is 10.2 Å². The van der Waals surface area contributed by atoms with Gasteiger partial charge in [-0.15, -0.1) is 0 Å². The van der Waals surface area contributed by atoms with Crippen LogP contribution in [0.1, 0.15) is 27.6 Å². The quantitative estimate of drug-likeness (QED) is 0.887. The zero-order valence-corrected chi connectivity index (χ0v) is 11.1. The minimum Gasteiger partial charge on any atom is -0.447 e. The minimum atomic E-state index is -3.12. The Balaban J connectivity index is 2.28. The number of rotatable bonds is 5. The Bertz CT molecular complexity index is 1110. The van der Waals surface area contributed by atoms with Crippen molar-refractivity contribution in [3.8, 4) is 0 Å². The van der Waals surface area contributed by atoms with Crippen LogP contribution in [0.25, 0.3) is 10.9 Å². The maximum Gasteiger partial charge on any atom is 0.407 e. The lowest BCUT2D eigenvalue weighted by Gasteiger charge is -2.09. The Morgan fingerprint density at radius 2 is 2.52 bits per heavy atom. The van der Waals surface area contributed by atoms with E-state index < -0.39 is 74.2 Å². The molecule has 21 heavy (non-hydrogen) atoms. The van der Waals surface area contributed by atoms with Gasteiger partial charge >= 0.3 is 6.09 Å². The molecule has 0 saturated carbocycles. The molecule has 2 N–H and O–H groups in total. The van der Waals surface area contributed by atoms with Crippen molar-refractivity contribution in [2.75, 3.05) is 27.1 Å². The molecule has 2 aromatic rings. The Morgan fingerprint density at radius 1 is 1.62 bits per heavy atom. The molecule has 1 aliphatic rings. The van der Waals surface area contributed by atoms with E-state index >= 15 is 0 Å². The third-order valence-electron chi connectivity index (χ3n) is 2.79. The van der Waals surface area contributed by atoms with Gasteiger partial charge in [-0.05, 0) is 50.0 Å². The maximum absolute atomic E-state index is 11.4. The first-order valence-electron chi connectivity index (χ1n) is 12.2. The van der Waals surface area contributed by atoms with E-state index in [1.165, 1.54) is 0 Å². The Hall–Kier alpha value is -2.01. The molecular formula is C16H21N3O2. The van der Waals surface area contributed by atoms with Gasteiger partial charge in [-0.25, -0.2) is 4.79 Å². The number of ether oxygens (including phenoxy) is 1. The number of carbonyl (C=O) groups is 1. The summed E-state index contributed by atoms with van der Waals surface area (Å²) in [6.45, 7) is -6.51. The summed E-state index contributed by atoms with van der Waals surface area (Å²) in [6.07, 6.45) is -5.53. The Labute approximate surface area is 141 Å². The van der Waals surface area contributed by atoms with Crippen molar-refractivity contribution in [1.82, 2.24) is 15.2 Å². The van der Waals surface area contributed by atoms with Crippen LogP contribution in [0.5, 0.6) is 0 Å². The first-order valence-corrected chi connectivity index (χ1v) is 6.15. The zero-order valence-electron chi connectivity index (χ0n) is 23.1. The largest absolute Gasteiger partial charge is 0.447 e. The second-order valence-electron chi connectivity index (χ2n) is 4.44. The van der Waals surface area contributed by atoms with E-state index in [4.69, 9.17) is 21.2 Å². The molecular weight excluding hydrogens is 266 g/mol. The molecule has 1 aromatic heterocycles. The van der Waals surface area contributed by atoms with Crippen LogP contribution >= 0.6 is 0 Å². The summed E-state index contributed by atoms with van der Waals surface area (Å²) in [5, 5.41) is 1.87. The van der Waals surface area contributed by atoms with E-state index in [2.05, 4.69) is 10.3 Å². The zero-order chi connectivity index (χ0) is 25.3. The van der Waals surface area contributed by atoms with Crippen LogP contribution in [0, 0.1) is 0 Å². The van der Waals surface area contributed by atoms with Gasteiger partial charge in [-0.2, -0.15) is 0 Å². The number of cyclic esters (lactones) is 1. The van der Waals surface area contributed by atoms with Crippen LogP contribution in [-0.4, -0.2) is 49.1 Å². The molecule has 1 amide bonds. The molecule has 0 radical (unpaired) electrons. The van der Waals surface area contributed by atoms with Gasteiger partial charge in [0.15, 0.2) is 0 Å². The molecule has 2 heterocycles. The second-order valence-corrected chi connectivity index (χ2v) is 4.44. The molecule has 0 aliphatic carbocycles. The Morgan fingerprint density at radius 3 is 3.29 bits per heavy atom. The van der Waals surface area contributed by atoms with Gasteiger partial charge in [0.25, 0.3) is 0 Å². The predicted molar refractivity (Wildman–Crippen MR) is 82.5 cm³/mol. The molecule has 0 unspecified atom stereocenters. The van der Waals surface area contributed by atoms with E-state index in [1.54, 1.807) is 0 Å². The van der Waals surface area contributed by atoms with E-state index in [-0.39, 0.29) is 15.8 Å². The summed E-state index contributed by atoms with van der Waals surface area (Å²) in [6, 6.07) is -3.22. The fourth-order valence-electron chi connectivity index (χ4n) is 1.88. The van der Waals surface area contributed by atoms with Crippen molar-refractivity contribution in [1.29, 1.82) is 0 Å². The summed E-state index contributed by atoms with van der Waals surface area (Å²) in [5.41, 5.74) is -1.33. The van der Waals surface area contributed by atoms with Crippen molar-refractivity contribution in [2.24, 2.45) is 0 Å². The van der Waals surface area contributed by atoms with Crippen LogP contribution in [-0.2, 0) is 17.5 Å². The number of carbonyl (C=O) groups excluding carboxylic acids is 1. The highest BCUT2D eigenvalue weighted by Gasteiger charge is 2.22. The number of nitrogens with one attached hydrogen (secondary N) is 2. The van der Waals surface area contributed by atoms with Crippen LogP contribution in [0.4, 0.5) is 4.79 Å². The topological polar surface area (TPSA) is 57.4 Å². The lowest BCUT2D eigenvalue weighted by atomic mass is 10.0. The summed E-state index contributed by atoms with van der Waals surface area (Å²) in [5.74, 6) is 0. The SMILES string of the molecule is [2H]c1c(C([2H])([2H])[C@H]2COC(=O)N2)c([2H])c2c(C([2H])([2H])C([2H])([2H])N(C)C([2H])([2H])[2H])c[nH]c2c1[2H]. The molecule has 1 atom stereocenters. The average Bonchev–Trinajstić information content (AvgIpc) is 3.32. The van der Waals surface area contributed by atoms with Crippen LogP contribution in [0.2, 0.25) is 0 Å². The first kappa shape index (κ1) is 5.65. The van der Waals surface area contributed by atoms with Crippen molar-refractivity contribution < 1.29 is 26.0 Å². The van der Waals surface area contributed by atoms with E-state index in [0.29, 0.717) is 0 Å². The van der Waals surface area contributed by atoms with Crippen LogP contribution in [0.15, 0.2) is 24.3 Å². The van der Waals surface area contributed by atoms with Gasteiger partial charge in [-0.3, -0.25) is 0 Å². The smallest absolute Gasteiger partial charge is 0.407 e. The number of likely N-dealkylation sites (N-methyl/N-ethyl adjacent to an activating group) is 1. The van der Waals surface area contributed by atoms with Gasteiger partial charge in [0.2, 0.25) is 0 Å². The molecule has 5 heteroatoms. The standard InChI is InChI=1S/C16H21N3O2/c1-19(2)6-5-12-9-17-15-4-3-11(8-14(12)15)7-13-10-21-16(20)18-13/h3-4,8-9,13,17H,5-7,10H2,1-2H3,(H,18,20)/t13-/m0/s1/i1D3,3D,4D,5D2,6D2,7D2,8D. The number of hydrogen-bond donors (Lipinski definition) is 2. The van der Waals surface area contributed by atoms with Gasteiger partial charge in [0, 0.05) is 35.9 Å². The maximum atomic E-state index is 11.4. The molecule has 5 nitrogen and oxygen atoms in total. The molecule has 1 fully saturated rings. The summed E-state index contributed by atoms with van der Waals surface area (Å²) >= 11 is 0. The molecule has 1 aromatic carbocycles. The van der Waals surface area contributed by atoms with Gasteiger partial charge in [-0.1, -0.05) is 6.04 Å². The Kier molecular flexibility index (Phi) is 1.55. The summed E-state index contributed by atoms with van der Waals surface area (Å²) in [4.78, 5) is 14.2. The number of H-pyrrole nitrogens is 1. The van der Waals surface area contributed by atoms with E-state index in [9.17, 15) is 4.79 Å². The fourth-order valence-corrected chi connectivity index (χ4v) is 1.88. The number of hydrogen-bond acceptors (Lipinski definition) is 3. The lowest BCUT2D eigenvalue weighted by Crippen LogP contribution is -2.28. The summed E-state index contributed by atoms with van der Waals surface area (Å²) in [7, 11) is 0.881. The van der Waals surface area contributed by atoms with Crippen LogP contribution < -0.4 is 5.32 Å². The van der Waals surface area contributed by atoms with Gasteiger partial charge in [0.1, 0.15) is 6.61 Å². The highest BCUT2D eigenvalue weighted by atomic mass is 16.6. The average molecular weight is 299 g/mol. The van der Waals surface area contributed by atoms with Crippen molar-refractivity contribution in [2.45, 2.75) is 18.8 Å². The molecule has 1 aliphatic heterocycles. The second kappa shape index (κ2) is 5.77. The number of alkyl carbamates (subject to hydrolysis) is 1. The number of nitrogens with zero attached hydrogens (tertiary/aromatic N) is 1. The number of aromatic amines is 1. The van der Waals surface area contributed by atoms with E-state index in [1.807, 2.05) is 0 Å². The molecule has 1 saturated heterocycles. The van der Waals surface area contributed by atoms with Crippen molar-refractivity contribution >= 4 is 17.0 Å². The number of aromatic nitrogens is 1.